The van der Waals surface area contributed by atoms with E-state index in [1.54, 1.807) is 4.90 Å². The topological polar surface area (TPSA) is 104 Å². The predicted molar refractivity (Wildman–Crippen MR) is 99.7 cm³/mol. The summed E-state index contributed by atoms with van der Waals surface area (Å²) in [5.41, 5.74) is -0.865. The van der Waals surface area contributed by atoms with E-state index < -0.39 is 21.4 Å². The van der Waals surface area contributed by atoms with Crippen LogP contribution in [0.3, 0.4) is 0 Å². The first kappa shape index (κ1) is 20.1. The third kappa shape index (κ3) is 3.97. The lowest BCUT2D eigenvalue weighted by Gasteiger charge is -2.34. The highest BCUT2D eigenvalue weighted by Gasteiger charge is 2.52. The van der Waals surface area contributed by atoms with Crippen LogP contribution in [0.2, 0.25) is 0 Å². The largest absolute Gasteiger partial charge is 0.337 e. The second-order valence-corrected chi connectivity index (χ2v) is 10.5. The normalized spacial score (nSPS) is 32.7. The Bertz CT molecular complexity index is 727. The van der Waals surface area contributed by atoms with Crippen LogP contribution < -0.4 is 5.32 Å². The summed E-state index contributed by atoms with van der Waals surface area (Å²) in [5.74, 6) is -0.108. The van der Waals surface area contributed by atoms with Gasteiger partial charge in [-0.1, -0.05) is 13.8 Å². The van der Waals surface area contributed by atoms with Gasteiger partial charge in [0.25, 0.3) is 5.91 Å². The van der Waals surface area contributed by atoms with Crippen molar-refractivity contribution in [2.45, 2.75) is 64.0 Å². The molecule has 1 atom stereocenters. The molecule has 3 aliphatic rings. The molecular weight excluding hydrogens is 370 g/mol. The first-order valence-electron chi connectivity index (χ1n) is 9.81. The number of sulfone groups is 1. The van der Waals surface area contributed by atoms with Gasteiger partial charge in [-0.2, -0.15) is 0 Å². The Balaban J connectivity index is 1.70. The van der Waals surface area contributed by atoms with Crippen molar-refractivity contribution in [1.29, 1.82) is 0 Å². The molecule has 152 valence electrons. The van der Waals surface area contributed by atoms with E-state index in [9.17, 15) is 22.8 Å². The van der Waals surface area contributed by atoms with Crippen molar-refractivity contribution in [3.05, 3.63) is 0 Å². The lowest BCUT2D eigenvalue weighted by Crippen LogP contribution is -2.51. The van der Waals surface area contributed by atoms with Crippen molar-refractivity contribution >= 4 is 27.7 Å². The van der Waals surface area contributed by atoms with E-state index in [2.05, 4.69) is 12.2 Å². The van der Waals surface area contributed by atoms with Crippen molar-refractivity contribution < 1.29 is 22.8 Å². The van der Waals surface area contributed by atoms with Crippen LogP contribution in [0.1, 0.15) is 52.4 Å². The van der Waals surface area contributed by atoms with Gasteiger partial charge in [-0.15, -0.1) is 0 Å². The molecule has 3 rings (SSSR count). The fourth-order valence-corrected chi connectivity index (χ4v) is 6.14. The van der Waals surface area contributed by atoms with Crippen LogP contribution in [0.15, 0.2) is 0 Å². The molecule has 2 heterocycles. The van der Waals surface area contributed by atoms with Crippen molar-refractivity contribution in [3.63, 3.8) is 0 Å². The molecule has 1 spiro atoms. The highest BCUT2D eigenvalue weighted by Crippen LogP contribution is 2.36. The second-order valence-electron chi connectivity index (χ2n) is 8.23. The van der Waals surface area contributed by atoms with Gasteiger partial charge < -0.3 is 10.2 Å². The summed E-state index contributed by atoms with van der Waals surface area (Å²) in [6.07, 6.45) is 4.04. The minimum Gasteiger partial charge on any atom is -0.337 e. The Labute approximate surface area is 160 Å². The monoisotopic (exact) mass is 399 g/mol. The van der Waals surface area contributed by atoms with Crippen LogP contribution in [-0.4, -0.2) is 72.2 Å². The van der Waals surface area contributed by atoms with E-state index in [0.717, 1.165) is 17.7 Å². The molecule has 0 aromatic rings. The Kier molecular flexibility index (Phi) is 5.52. The number of amides is 4. The maximum absolute atomic E-state index is 12.9. The van der Waals surface area contributed by atoms with Gasteiger partial charge in [0.1, 0.15) is 12.1 Å². The summed E-state index contributed by atoms with van der Waals surface area (Å²) >= 11 is 0. The Morgan fingerprint density at radius 1 is 1.26 bits per heavy atom. The van der Waals surface area contributed by atoms with Gasteiger partial charge in [-0.3, -0.25) is 14.5 Å². The van der Waals surface area contributed by atoms with Crippen LogP contribution in [0.5, 0.6) is 0 Å². The lowest BCUT2D eigenvalue weighted by atomic mass is 9.77. The number of nitrogens with one attached hydrogen (secondary N) is 1. The summed E-state index contributed by atoms with van der Waals surface area (Å²) in [6.45, 7) is 4.15. The lowest BCUT2D eigenvalue weighted by molar-refractivity contribution is -0.140. The van der Waals surface area contributed by atoms with Gasteiger partial charge in [0.05, 0.1) is 11.5 Å². The fraction of sp³-hybridized carbons (Fsp3) is 0.833. The third-order valence-corrected chi connectivity index (χ3v) is 7.85. The Morgan fingerprint density at radius 2 is 1.93 bits per heavy atom. The van der Waals surface area contributed by atoms with E-state index in [1.807, 2.05) is 6.92 Å². The molecule has 1 saturated carbocycles. The standard InChI is InChI=1S/C18H29N3O5S/c1-3-9-20(14-6-10-27(25,26)12-14)15(22)11-21-16(23)18(19-17(21)24)7-4-13(2)5-8-18/h13-14H,3-12H2,1-2H3,(H,19,24)/t13?,14-,18?/m1/s1. The molecule has 1 aliphatic carbocycles. The number of rotatable bonds is 5. The van der Waals surface area contributed by atoms with Crippen LogP contribution in [0.4, 0.5) is 4.79 Å². The molecule has 0 radical (unpaired) electrons. The molecule has 3 fully saturated rings. The molecule has 9 heteroatoms. The molecule has 4 amide bonds. The molecular formula is C18H29N3O5S. The van der Waals surface area contributed by atoms with Gasteiger partial charge in [-0.05, 0) is 44.4 Å². The number of carbonyl (C=O) groups is 3. The van der Waals surface area contributed by atoms with Gasteiger partial charge in [-0.25, -0.2) is 13.2 Å². The van der Waals surface area contributed by atoms with E-state index in [4.69, 9.17) is 0 Å². The molecule has 0 aromatic heterocycles. The maximum Gasteiger partial charge on any atom is 0.325 e. The van der Waals surface area contributed by atoms with Crippen molar-refractivity contribution in [2.75, 3.05) is 24.6 Å². The summed E-state index contributed by atoms with van der Waals surface area (Å²) in [5, 5.41) is 2.82. The number of hydrogen-bond donors (Lipinski definition) is 1. The highest BCUT2D eigenvalue weighted by molar-refractivity contribution is 7.91. The zero-order valence-corrected chi connectivity index (χ0v) is 16.9. The number of nitrogens with zero attached hydrogens (tertiary/aromatic N) is 2. The van der Waals surface area contributed by atoms with Crippen molar-refractivity contribution in [2.24, 2.45) is 5.92 Å². The third-order valence-electron chi connectivity index (χ3n) is 6.10. The SMILES string of the molecule is CCCN(C(=O)CN1C(=O)NC2(CCC(C)CC2)C1=O)[C@@H]1CCS(=O)(=O)C1. The second kappa shape index (κ2) is 7.41. The summed E-state index contributed by atoms with van der Waals surface area (Å²) < 4.78 is 23.6. The van der Waals surface area contributed by atoms with Crippen LogP contribution >= 0.6 is 0 Å². The maximum atomic E-state index is 12.9. The number of urea groups is 1. The Hall–Kier alpha value is -1.64. The first-order valence-corrected chi connectivity index (χ1v) is 11.6. The van der Waals surface area contributed by atoms with Gasteiger partial charge in [0.2, 0.25) is 5.91 Å². The summed E-state index contributed by atoms with van der Waals surface area (Å²) in [6, 6.07) is -0.883. The minimum atomic E-state index is -3.12. The quantitative estimate of drug-likeness (QED) is 0.692. The Morgan fingerprint density at radius 3 is 2.48 bits per heavy atom. The molecule has 2 saturated heterocycles. The smallest absolute Gasteiger partial charge is 0.325 e. The molecule has 8 nitrogen and oxygen atoms in total. The summed E-state index contributed by atoms with van der Waals surface area (Å²) in [7, 11) is -3.12. The van der Waals surface area contributed by atoms with E-state index in [-0.39, 0.29) is 35.9 Å². The van der Waals surface area contributed by atoms with Crippen LogP contribution in [0.25, 0.3) is 0 Å². The first-order chi connectivity index (χ1) is 12.7. The van der Waals surface area contributed by atoms with Crippen molar-refractivity contribution in [3.8, 4) is 0 Å². The predicted octanol–water partition coefficient (Wildman–Crippen LogP) is 0.913. The average Bonchev–Trinajstić information content (AvgIpc) is 3.07. The number of imide groups is 1. The molecule has 1 N–H and O–H groups in total. The molecule has 0 bridgehead atoms. The van der Waals surface area contributed by atoms with Crippen LogP contribution in [-0.2, 0) is 19.4 Å². The zero-order valence-electron chi connectivity index (χ0n) is 16.1. The van der Waals surface area contributed by atoms with Gasteiger partial charge in [0, 0.05) is 12.6 Å². The van der Waals surface area contributed by atoms with E-state index in [0.29, 0.717) is 38.1 Å². The zero-order chi connectivity index (χ0) is 19.8. The fourth-order valence-electron chi connectivity index (χ4n) is 4.41. The molecule has 0 unspecified atom stereocenters. The number of carbonyl (C=O) groups excluding carboxylic acids is 3. The molecule has 0 aromatic carbocycles. The van der Waals surface area contributed by atoms with Crippen LogP contribution in [0, 0.1) is 5.92 Å². The average molecular weight is 400 g/mol. The van der Waals surface area contributed by atoms with E-state index >= 15 is 0 Å². The summed E-state index contributed by atoms with van der Waals surface area (Å²) in [4.78, 5) is 40.7. The van der Waals surface area contributed by atoms with Gasteiger partial charge >= 0.3 is 6.03 Å². The number of hydrogen-bond acceptors (Lipinski definition) is 5. The van der Waals surface area contributed by atoms with E-state index in [1.165, 1.54) is 0 Å². The van der Waals surface area contributed by atoms with Gasteiger partial charge in [0.15, 0.2) is 9.84 Å². The highest BCUT2D eigenvalue weighted by atomic mass is 32.2. The molecule has 27 heavy (non-hydrogen) atoms. The minimum absolute atomic E-state index is 0.0410. The van der Waals surface area contributed by atoms with Crippen molar-refractivity contribution in [1.82, 2.24) is 15.1 Å². The molecule has 2 aliphatic heterocycles.